The second-order valence-corrected chi connectivity index (χ2v) is 5.73. The number of hydrogen-bond donors (Lipinski definition) is 1. The first-order valence-electron chi connectivity index (χ1n) is 5.53. The van der Waals surface area contributed by atoms with Crippen molar-refractivity contribution < 1.29 is 9.90 Å². The highest BCUT2D eigenvalue weighted by molar-refractivity contribution is 8.01. The molecule has 2 aromatic rings. The molecule has 94 valence electrons. The van der Waals surface area contributed by atoms with E-state index in [0.29, 0.717) is 5.56 Å². The molecule has 0 amide bonds. The molecule has 0 radical (unpaired) electrons. The van der Waals surface area contributed by atoms with Gasteiger partial charge in [0.1, 0.15) is 5.82 Å². The fourth-order valence-electron chi connectivity index (χ4n) is 1.40. The van der Waals surface area contributed by atoms with Crippen molar-refractivity contribution in [1.82, 2.24) is 9.36 Å². The zero-order valence-corrected chi connectivity index (χ0v) is 11.4. The predicted molar refractivity (Wildman–Crippen MR) is 71.4 cm³/mol. The standard InChI is InChI=1S/C12H12N2O2S2/c1-2-4-10-13-12(18-14-10)17-9-6-3-5-8(7-9)11(15)16/h3,5-7H,2,4H2,1H3,(H,15,16). The average Bonchev–Trinajstić information content (AvgIpc) is 2.77. The minimum absolute atomic E-state index is 0.290. The minimum Gasteiger partial charge on any atom is -0.478 e. The van der Waals surface area contributed by atoms with Crippen LogP contribution in [0.5, 0.6) is 0 Å². The Morgan fingerprint density at radius 1 is 1.50 bits per heavy atom. The van der Waals surface area contributed by atoms with Crippen LogP contribution in [-0.4, -0.2) is 20.4 Å². The van der Waals surface area contributed by atoms with E-state index >= 15 is 0 Å². The Bertz CT molecular complexity index is 555. The number of hydrogen-bond acceptors (Lipinski definition) is 5. The van der Waals surface area contributed by atoms with E-state index in [-0.39, 0.29) is 0 Å². The topological polar surface area (TPSA) is 63.1 Å². The van der Waals surface area contributed by atoms with Gasteiger partial charge >= 0.3 is 5.97 Å². The smallest absolute Gasteiger partial charge is 0.335 e. The van der Waals surface area contributed by atoms with Crippen molar-refractivity contribution in [2.24, 2.45) is 0 Å². The van der Waals surface area contributed by atoms with E-state index < -0.39 is 5.97 Å². The van der Waals surface area contributed by atoms with E-state index in [1.165, 1.54) is 23.3 Å². The lowest BCUT2D eigenvalue weighted by Gasteiger charge is -1.98. The molecule has 4 nitrogen and oxygen atoms in total. The van der Waals surface area contributed by atoms with Gasteiger partial charge in [0, 0.05) is 11.3 Å². The normalized spacial score (nSPS) is 10.5. The summed E-state index contributed by atoms with van der Waals surface area (Å²) >= 11 is 2.80. The molecule has 1 aromatic heterocycles. The SMILES string of the molecule is CCCc1nsc(Sc2cccc(C(=O)O)c2)n1. The molecule has 0 aliphatic heterocycles. The lowest BCUT2D eigenvalue weighted by molar-refractivity contribution is 0.0696. The molecule has 18 heavy (non-hydrogen) atoms. The van der Waals surface area contributed by atoms with Gasteiger partial charge in [0.2, 0.25) is 0 Å². The molecule has 2 rings (SSSR count). The molecule has 0 aliphatic carbocycles. The highest BCUT2D eigenvalue weighted by Crippen LogP contribution is 2.29. The maximum atomic E-state index is 10.9. The van der Waals surface area contributed by atoms with E-state index in [2.05, 4.69) is 16.3 Å². The molecule has 0 aliphatic rings. The first kappa shape index (κ1) is 13.0. The molecule has 0 saturated heterocycles. The van der Waals surface area contributed by atoms with Crippen molar-refractivity contribution in [3.63, 3.8) is 0 Å². The zero-order valence-electron chi connectivity index (χ0n) is 9.79. The molecule has 1 heterocycles. The molecule has 0 atom stereocenters. The van der Waals surface area contributed by atoms with Crippen LogP contribution < -0.4 is 0 Å². The van der Waals surface area contributed by atoms with E-state index in [1.807, 2.05) is 6.07 Å². The van der Waals surface area contributed by atoms with Crippen molar-refractivity contribution in [1.29, 1.82) is 0 Å². The summed E-state index contributed by atoms with van der Waals surface area (Å²) in [6, 6.07) is 6.83. The monoisotopic (exact) mass is 280 g/mol. The Hall–Kier alpha value is -1.40. The van der Waals surface area contributed by atoms with Crippen molar-refractivity contribution in [3.05, 3.63) is 35.7 Å². The molecule has 0 unspecified atom stereocenters. The Labute approximate surface area is 113 Å². The molecular formula is C12H12N2O2S2. The van der Waals surface area contributed by atoms with Crippen LogP contribution in [0.4, 0.5) is 0 Å². The first-order chi connectivity index (χ1) is 8.69. The van der Waals surface area contributed by atoms with E-state index in [1.54, 1.807) is 18.2 Å². The van der Waals surface area contributed by atoms with Gasteiger partial charge in [-0.25, -0.2) is 9.78 Å². The number of carboxylic acids is 1. The number of aromatic carboxylic acids is 1. The van der Waals surface area contributed by atoms with Crippen LogP contribution in [-0.2, 0) is 6.42 Å². The molecule has 1 N–H and O–H groups in total. The third kappa shape index (κ3) is 3.30. The van der Waals surface area contributed by atoms with Crippen molar-refractivity contribution in [3.8, 4) is 0 Å². The van der Waals surface area contributed by atoms with Crippen LogP contribution in [0.25, 0.3) is 0 Å². The van der Waals surface area contributed by atoms with Crippen LogP contribution in [0.15, 0.2) is 33.5 Å². The van der Waals surface area contributed by atoms with Crippen LogP contribution >= 0.6 is 23.3 Å². The predicted octanol–water partition coefficient (Wildman–Crippen LogP) is 3.34. The quantitative estimate of drug-likeness (QED) is 0.910. The summed E-state index contributed by atoms with van der Waals surface area (Å²) in [7, 11) is 0. The van der Waals surface area contributed by atoms with Gasteiger partial charge in [-0.3, -0.25) is 0 Å². The lowest BCUT2D eigenvalue weighted by atomic mass is 10.2. The van der Waals surface area contributed by atoms with Crippen molar-refractivity contribution in [2.45, 2.75) is 29.0 Å². The van der Waals surface area contributed by atoms with Crippen molar-refractivity contribution >= 4 is 29.3 Å². The van der Waals surface area contributed by atoms with Gasteiger partial charge in [0.05, 0.1) is 5.56 Å². The van der Waals surface area contributed by atoms with Gasteiger partial charge in [0.15, 0.2) is 4.34 Å². The molecule has 0 saturated carbocycles. The Balaban J connectivity index is 2.12. The third-order valence-corrected chi connectivity index (χ3v) is 3.99. The number of benzene rings is 1. The molecule has 1 aromatic carbocycles. The van der Waals surface area contributed by atoms with Gasteiger partial charge in [-0.05, 0) is 36.2 Å². The Morgan fingerprint density at radius 2 is 2.33 bits per heavy atom. The summed E-state index contributed by atoms with van der Waals surface area (Å²) in [5.41, 5.74) is 0.290. The van der Waals surface area contributed by atoms with Crippen LogP contribution in [0.3, 0.4) is 0 Å². The van der Waals surface area contributed by atoms with Gasteiger partial charge in [-0.1, -0.05) is 24.8 Å². The minimum atomic E-state index is -0.915. The van der Waals surface area contributed by atoms with E-state index in [0.717, 1.165) is 27.9 Å². The maximum absolute atomic E-state index is 10.9. The zero-order chi connectivity index (χ0) is 13.0. The van der Waals surface area contributed by atoms with Gasteiger partial charge in [-0.2, -0.15) is 4.37 Å². The number of carbonyl (C=O) groups is 1. The molecule has 6 heteroatoms. The second-order valence-electron chi connectivity index (χ2n) is 3.66. The van der Waals surface area contributed by atoms with Crippen molar-refractivity contribution in [2.75, 3.05) is 0 Å². The molecular weight excluding hydrogens is 268 g/mol. The number of rotatable bonds is 5. The van der Waals surface area contributed by atoms with Crippen LogP contribution in [0.2, 0.25) is 0 Å². The van der Waals surface area contributed by atoms with Gasteiger partial charge < -0.3 is 5.11 Å². The summed E-state index contributed by atoms with van der Waals surface area (Å²) in [5, 5.41) is 8.91. The summed E-state index contributed by atoms with van der Waals surface area (Å²) in [6.45, 7) is 2.09. The number of nitrogens with zero attached hydrogens (tertiary/aromatic N) is 2. The maximum Gasteiger partial charge on any atom is 0.335 e. The second kappa shape index (κ2) is 5.97. The highest BCUT2D eigenvalue weighted by Gasteiger charge is 2.08. The fourth-order valence-corrected chi connectivity index (χ4v) is 3.09. The largest absolute Gasteiger partial charge is 0.478 e. The summed E-state index contributed by atoms with van der Waals surface area (Å²) < 4.78 is 5.10. The highest BCUT2D eigenvalue weighted by atomic mass is 32.2. The van der Waals surface area contributed by atoms with Crippen LogP contribution in [0, 0.1) is 0 Å². The molecule has 0 bridgehead atoms. The summed E-state index contributed by atoms with van der Waals surface area (Å²) in [4.78, 5) is 16.1. The van der Waals surface area contributed by atoms with Gasteiger partial charge in [0.25, 0.3) is 0 Å². The first-order valence-corrected chi connectivity index (χ1v) is 7.12. The summed E-state index contributed by atoms with van der Waals surface area (Å²) in [5.74, 6) is -0.0548. The van der Waals surface area contributed by atoms with E-state index in [9.17, 15) is 4.79 Å². The number of carboxylic acid groups (broad SMARTS) is 1. The number of aromatic nitrogens is 2. The molecule has 0 fully saturated rings. The van der Waals surface area contributed by atoms with E-state index in [4.69, 9.17) is 5.11 Å². The molecule has 0 spiro atoms. The third-order valence-electron chi connectivity index (χ3n) is 2.21. The van der Waals surface area contributed by atoms with Gasteiger partial charge in [-0.15, -0.1) is 0 Å². The Morgan fingerprint density at radius 3 is 3.06 bits per heavy atom. The fraction of sp³-hybridized carbons (Fsp3) is 0.250. The average molecular weight is 280 g/mol. The van der Waals surface area contributed by atoms with Crippen LogP contribution in [0.1, 0.15) is 29.5 Å². The lowest BCUT2D eigenvalue weighted by Crippen LogP contribution is -1.95. The number of aryl methyl sites for hydroxylation is 1. The Kier molecular flexibility index (Phi) is 4.33. The summed E-state index contributed by atoms with van der Waals surface area (Å²) in [6.07, 6.45) is 1.90.